The standard InChI is InChI=1S/C15H22ClN3O/c1-10(2)19-6-5-11(9-19)8-18-15(20)12-3-4-14(17)13(16)7-12/h3-4,7,10-11H,5-6,8-9,17H2,1-2H3,(H,18,20). The highest BCUT2D eigenvalue weighted by atomic mass is 35.5. The number of rotatable bonds is 4. The fourth-order valence-electron chi connectivity index (χ4n) is 2.51. The molecule has 1 aromatic rings. The molecule has 1 aliphatic heterocycles. The Labute approximate surface area is 125 Å². The van der Waals surface area contributed by atoms with Gasteiger partial charge in [-0.1, -0.05) is 11.6 Å². The summed E-state index contributed by atoms with van der Waals surface area (Å²) in [5, 5.41) is 3.40. The van der Waals surface area contributed by atoms with Gasteiger partial charge in [-0.3, -0.25) is 4.79 Å². The Morgan fingerprint density at radius 1 is 1.55 bits per heavy atom. The van der Waals surface area contributed by atoms with Crippen molar-refractivity contribution in [2.24, 2.45) is 5.92 Å². The molecule has 1 heterocycles. The van der Waals surface area contributed by atoms with Gasteiger partial charge in [0.2, 0.25) is 0 Å². The molecule has 20 heavy (non-hydrogen) atoms. The number of nitrogens with two attached hydrogens (primary N) is 1. The number of carbonyl (C=O) groups excluding carboxylic acids is 1. The highest BCUT2D eigenvalue weighted by molar-refractivity contribution is 6.33. The maximum Gasteiger partial charge on any atom is 0.251 e. The lowest BCUT2D eigenvalue weighted by atomic mass is 10.1. The lowest BCUT2D eigenvalue weighted by Gasteiger charge is -2.20. The topological polar surface area (TPSA) is 58.4 Å². The number of carbonyl (C=O) groups is 1. The molecule has 1 atom stereocenters. The van der Waals surface area contributed by atoms with Gasteiger partial charge in [-0.05, 0) is 50.9 Å². The van der Waals surface area contributed by atoms with Crippen molar-refractivity contribution in [3.05, 3.63) is 28.8 Å². The van der Waals surface area contributed by atoms with Crippen LogP contribution in [-0.4, -0.2) is 36.5 Å². The van der Waals surface area contributed by atoms with Crippen LogP contribution in [0.5, 0.6) is 0 Å². The maximum atomic E-state index is 12.1. The second kappa shape index (κ2) is 6.46. The van der Waals surface area contributed by atoms with E-state index in [0.29, 0.717) is 34.8 Å². The summed E-state index contributed by atoms with van der Waals surface area (Å²) >= 11 is 5.93. The van der Waals surface area contributed by atoms with Crippen molar-refractivity contribution in [2.75, 3.05) is 25.4 Å². The molecule has 0 radical (unpaired) electrons. The molecule has 1 aliphatic rings. The minimum Gasteiger partial charge on any atom is -0.398 e. The van der Waals surface area contributed by atoms with Crippen molar-refractivity contribution >= 4 is 23.2 Å². The molecule has 0 aliphatic carbocycles. The highest BCUT2D eigenvalue weighted by Gasteiger charge is 2.24. The van der Waals surface area contributed by atoms with Crippen LogP contribution < -0.4 is 11.1 Å². The third-order valence-electron chi connectivity index (χ3n) is 3.86. The predicted octanol–water partition coefficient (Wildman–Crippen LogP) is 2.38. The summed E-state index contributed by atoms with van der Waals surface area (Å²) in [6, 6.07) is 5.55. The lowest BCUT2D eigenvalue weighted by molar-refractivity contribution is 0.0947. The summed E-state index contributed by atoms with van der Waals surface area (Å²) in [5.41, 5.74) is 6.69. The Kier molecular flexibility index (Phi) is 4.89. The second-order valence-electron chi connectivity index (χ2n) is 5.69. The molecule has 3 N–H and O–H groups in total. The molecule has 110 valence electrons. The number of anilines is 1. The van der Waals surface area contributed by atoms with Gasteiger partial charge in [0.15, 0.2) is 0 Å². The fourth-order valence-corrected chi connectivity index (χ4v) is 2.69. The van der Waals surface area contributed by atoms with Crippen LogP contribution in [0.4, 0.5) is 5.69 Å². The molecule has 2 rings (SSSR count). The van der Waals surface area contributed by atoms with Gasteiger partial charge in [0, 0.05) is 24.7 Å². The minimum atomic E-state index is -0.0881. The van der Waals surface area contributed by atoms with Gasteiger partial charge in [0.25, 0.3) is 5.91 Å². The molecular weight excluding hydrogens is 274 g/mol. The Balaban J connectivity index is 1.85. The Bertz CT molecular complexity index is 490. The van der Waals surface area contributed by atoms with E-state index in [1.807, 2.05) is 0 Å². The number of likely N-dealkylation sites (tertiary alicyclic amines) is 1. The molecule has 1 saturated heterocycles. The van der Waals surface area contributed by atoms with E-state index in [4.69, 9.17) is 17.3 Å². The Morgan fingerprint density at radius 2 is 2.30 bits per heavy atom. The summed E-state index contributed by atoms with van der Waals surface area (Å²) < 4.78 is 0. The summed E-state index contributed by atoms with van der Waals surface area (Å²) in [7, 11) is 0. The van der Waals surface area contributed by atoms with Crippen LogP contribution in [0.3, 0.4) is 0 Å². The van der Waals surface area contributed by atoms with Gasteiger partial charge in [0.1, 0.15) is 0 Å². The first-order valence-corrected chi connectivity index (χ1v) is 7.42. The second-order valence-corrected chi connectivity index (χ2v) is 6.10. The van der Waals surface area contributed by atoms with E-state index < -0.39 is 0 Å². The molecule has 0 spiro atoms. The van der Waals surface area contributed by atoms with E-state index in [9.17, 15) is 4.79 Å². The number of amides is 1. The van der Waals surface area contributed by atoms with Gasteiger partial charge in [0.05, 0.1) is 10.7 Å². The van der Waals surface area contributed by atoms with E-state index in [0.717, 1.165) is 19.5 Å². The number of hydrogen-bond donors (Lipinski definition) is 2. The van der Waals surface area contributed by atoms with Crippen LogP contribution in [-0.2, 0) is 0 Å². The van der Waals surface area contributed by atoms with Gasteiger partial charge in [-0.25, -0.2) is 0 Å². The van der Waals surface area contributed by atoms with Crippen molar-refractivity contribution < 1.29 is 4.79 Å². The molecule has 0 aromatic heterocycles. The minimum absolute atomic E-state index is 0.0881. The molecule has 1 aromatic carbocycles. The largest absolute Gasteiger partial charge is 0.398 e. The van der Waals surface area contributed by atoms with Crippen molar-refractivity contribution in [3.8, 4) is 0 Å². The third-order valence-corrected chi connectivity index (χ3v) is 4.19. The van der Waals surface area contributed by atoms with Crippen LogP contribution in [0.2, 0.25) is 5.02 Å². The number of nitrogens with zero attached hydrogens (tertiary/aromatic N) is 1. The summed E-state index contributed by atoms with van der Waals surface area (Å²) in [5.74, 6) is 0.445. The third kappa shape index (κ3) is 3.64. The number of nitrogens with one attached hydrogen (secondary N) is 1. The van der Waals surface area contributed by atoms with Crippen molar-refractivity contribution in [3.63, 3.8) is 0 Å². The van der Waals surface area contributed by atoms with Crippen molar-refractivity contribution in [1.82, 2.24) is 10.2 Å². The van der Waals surface area contributed by atoms with Crippen molar-refractivity contribution in [1.29, 1.82) is 0 Å². The summed E-state index contributed by atoms with van der Waals surface area (Å²) in [4.78, 5) is 14.5. The van der Waals surface area contributed by atoms with Crippen LogP contribution in [0, 0.1) is 5.92 Å². The van der Waals surface area contributed by atoms with Crippen LogP contribution in [0.15, 0.2) is 18.2 Å². The predicted molar refractivity (Wildman–Crippen MR) is 83.0 cm³/mol. The summed E-state index contributed by atoms with van der Waals surface area (Å²) in [6.07, 6.45) is 1.14. The fraction of sp³-hybridized carbons (Fsp3) is 0.533. The van der Waals surface area contributed by atoms with Gasteiger partial charge in [-0.2, -0.15) is 0 Å². The van der Waals surface area contributed by atoms with Gasteiger partial charge >= 0.3 is 0 Å². The average Bonchev–Trinajstić information content (AvgIpc) is 2.88. The molecule has 0 bridgehead atoms. The SMILES string of the molecule is CC(C)N1CCC(CNC(=O)c2ccc(N)c(Cl)c2)C1. The van der Waals surface area contributed by atoms with Crippen molar-refractivity contribution in [2.45, 2.75) is 26.3 Å². The monoisotopic (exact) mass is 295 g/mol. The first-order chi connectivity index (χ1) is 9.47. The maximum absolute atomic E-state index is 12.1. The Morgan fingerprint density at radius 3 is 2.90 bits per heavy atom. The summed E-state index contributed by atoms with van der Waals surface area (Å²) in [6.45, 7) is 7.30. The van der Waals surface area contributed by atoms with E-state index in [-0.39, 0.29) is 5.91 Å². The number of nitrogen functional groups attached to an aromatic ring is 1. The Hall–Kier alpha value is -1.26. The smallest absolute Gasteiger partial charge is 0.251 e. The number of benzene rings is 1. The molecule has 5 heteroatoms. The molecule has 0 saturated carbocycles. The first kappa shape index (κ1) is 15.1. The van der Waals surface area contributed by atoms with Gasteiger partial charge in [-0.15, -0.1) is 0 Å². The van der Waals surface area contributed by atoms with E-state index >= 15 is 0 Å². The zero-order valence-corrected chi connectivity index (χ0v) is 12.8. The lowest BCUT2D eigenvalue weighted by Crippen LogP contribution is -2.33. The van der Waals surface area contributed by atoms with E-state index in [1.165, 1.54) is 0 Å². The highest BCUT2D eigenvalue weighted by Crippen LogP contribution is 2.20. The van der Waals surface area contributed by atoms with Crippen LogP contribution >= 0.6 is 11.6 Å². The molecule has 1 fully saturated rings. The zero-order valence-electron chi connectivity index (χ0n) is 12.0. The molecular formula is C15H22ClN3O. The number of halogens is 1. The van der Waals surface area contributed by atoms with Gasteiger partial charge < -0.3 is 16.0 Å². The van der Waals surface area contributed by atoms with Crippen LogP contribution in [0.25, 0.3) is 0 Å². The average molecular weight is 296 g/mol. The quantitative estimate of drug-likeness (QED) is 0.839. The number of hydrogen-bond acceptors (Lipinski definition) is 3. The van der Waals surface area contributed by atoms with E-state index in [1.54, 1.807) is 18.2 Å². The molecule has 4 nitrogen and oxygen atoms in total. The molecule has 1 unspecified atom stereocenters. The molecule has 1 amide bonds. The normalized spacial score (nSPS) is 19.5. The first-order valence-electron chi connectivity index (χ1n) is 7.04. The zero-order chi connectivity index (χ0) is 14.7. The van der Waals surface area contributed by atoms with Crippen LogP contribution in [0.1, 0.15) is 30.6 Å². The van der Waals surface area contributed by atoms with E-state index in [2.05, 4.69) is 24.1 Å².